The van der Waals surface area contributed by atoms with Crippen molar-refractivity contribution >= 4 is 16.1 Å². The number of rotatable bonds is 3. The van der Waals surface area contributed by atoms with Crippen molar-refractivity contribution in [2.45, 2.75) is 16.6 Å². The van der Waals surface area contributed by atoms with Crippen molar-refractivity contribution in [2.75, 3.05) is 0 Å². The van der Waals surface area contributed by atoms with Crippen molar-refractivity contribution in [2.24, 2.45) is 5.41 Å². The molecule has 0 unspecified atom stereocenters. The Balaban J connectivity index is 2.39. The van der Waals surface area contributed by atoms with Gasteiger partial charge in [-0.3, -0.25) is 0 Å². The number of sulfone groups is 1. The molecule has 0 saturated heterocycles. The van der Waals surface area contributed by atoms with Crippen LogP contribution in [0.4, 0.5) is 0 Å². The Labute approximate surface area is 93.4 Å². The van der Waals surface area contributed by atoms with Crippen molar-refractivity contribution in [3.63, 3.8) is 0 Å². The molecule has 2 rings (SSSR count). The molecule has 16 heavy (non-hydrogen) atoms. The van der Waals surface area contributed by atoms with Crippen LogP contribution in [0.3, 0.4) is 0 Å². The summed E-state index contributed by atoms with van der Waals surface area (Å²) in [7, 11) is -3.55. The third-order valence-corrected chi connectivity index (χ3v) is 5.07. The Kier molecular flexibility index (Phi) is 2.32. The third-order valence-electron chi connectivity index (χ3n) is 2.80. The summed E-state index contributed by atoms with van der Waals surface area (Å²) in [5.74, 6) is 0. The molecule has 82 valence electrons. The quantitative estimate of drug-likeness (QED) is 0.731. The number of carbonyl (C=O) groups excluding carboxylic acids is 1. The predicted octanol–water partition coefficient (Wildman–Crippen LogP) is 0.941. The largest absolute Gasteiger partial charge is 0.302 e. The van der Waals surface area contributed by atoms with E-state index in [2.05, 4.69) is 0 Å². The Morgan fingerprint density at radius 3 is 2.44 bits per heavy atom. The molecule has 4 nitrogen and oxygen atoms in total. The fourth-order valence-electron chi connectivity index (χ4n) is 1.68. The smallest absolute Gasteiger partial charge is 0.183 e. The molecule has 1 aromatic carbocycles. The van der Waals surface area contributed by atoms with Crippen LogP contribution in [0.1, 0.15) is 6.42 Å². The van der Waals surface area contributed by atoms with E-state index in [0.717, 1.165) is 0 Å². The van der Waals surface area contributed by atoms with E-state index >= 15 is 0 Å². The summed E-state index contributed by atoms with van der Waals surface area (Å²) >= 11 is 0. The second kappa shape index (κ2) is 3.42. The average molecular weight is 235 g/mol. The van der Waals surface area contributed by atoms with Gasteiger partial charge in [-0.05, 0) is 18.6 Å². The Bertz CT molecular complexity index is 559. The van der Waals surface area contributed by atoms with Gasteiger partial charge in [-0.25, -0.2) is 8.42 Å². The Hall–Kier alpha value is -1.67. The molecule has 5 heteroatoms. The van der Waals surface area contributed by atoms with E-state index in [9.17, 15) is 13.2 Å². The van der Waals surface area contributed by atoms with Gasteiger partial charge in [0.05, 0.1) is 16.2 Å². The van der Waals surface area contributed by atoms with E-state index in [4.69, 9.17) is 5.26 Å². The Morgan fingerprint density at radius 2 is 2.00 bits per heavy atom. The van der Waals surface area contributed by atoms with E-state index in [-0.39, 0.29) is 11.3 Å². The molecule has 1 aromatic rings. The molecule has 0 N–H and O–H groups in total. The molecule has 1 saturated carbocycles. The number of aldehydes is 1. The predicted molar refractivity (Wildman–Crippen MR) is 56.1 cm³/mol. The highest BCUT2D eigenvalue weighted by Crippen LogP contribution is 2.50. The lowest BCUT2D eigenvalue weighted by Gasteiger charge is -2.03. The molecule has 0 bridgehead atoms. The zero-order chi connectivity index (χ0) is 11.8. The molecule has 0 aromatic heterocycles. The van der Waals surface area contributed by atoms with Crippen molar-refractivity contribution in [1.82, 2.24) is 0 Å². The maximum Gasteiger partial charge on any atom is 0.183 e. The summed E-state index contributed by atoms with van der Waals surface area (Å²) in [5.41, 5.74) is -1.32. The fourth-order valence-corrected chi connectivity index (χ4v) is 3.70. The van der Waals surface area contributed by atoms with Crippen LogP contribution < -0.4 is 0 Å². The first kappa shape index (κ1) is 10.8. The molecule has 1 fully saturated rings. The van der Waals surface area contributed by atoms with Crippen LogP contribution in [0.5, 0.6) is 0 Å². The lowest BCUT2D eigenvalue weighted by Crippen LogP contribution is -2.16. The van der Waals surface area contributed by atoms with Gasteiger partial charge < -0.3 is 4.79 Å². The zero-order valence-electron chi connectivity index (χ0n) is 8.33. The highest BCUT2D eigenvalue weighted by molar-refractivity contribution is 7.92. The van der Waals surface area contributed by atoms with E-state index in [1.807, 2.05) is 0 Å². The van der Waals surface area contributed by atoms with Crippen molar-refractivity contribution in [3.8, 4) is 6.07 Å². The molecule has 1 aliphatic rings. The van der Waals surface area contributed by atoms with E-state index < -0.39 is 20.5 Å². The molecule has 0 aliphatic heterocycles. The monoisotopic (exact) mass is 235 g/mol. The van der Waals surface area contributed by atoms with Gasteiger partial charge in [0, 0.05) is 0 Å². The lowest BCUT2D eigenvalue weighted by atomic mass is 10.2. The maximum absolute atomic E-state index is 12.0. The van der Waals surface area contributed by atoms with Gasteiger partial charge in [-0.1, -0.05) is 18.2 Å². The molecule has 1 aliphatic carbocycles. The zero-order valence-corrected chi connectivity index (χ0v) is 9.15. The van der Waals surface area contributed by atoms with Crippen LogP contribution in [0, 0.1) is 16.7 Å². The lowest BCUT2D eigenvalue weighted by molar-refractivity contribution is -0.110. The van der Waals surface area contributed by atoms with Gasteiger partial charge >= 0.3 is 0 Å². The van der Waals surface area contributed by atoms with Crippen LogP contribution in [0.15, 0.2) is 35.2 Å². The molecule has 0 spiro atoms. The maximum atomic E-state index is 12.0. The van der Waals surface area contributed by atoms with Crippen molar-refractivity contribution in [3.05, 3.63) is 30.3 Å². The average Bonchev–Trinajstić information content (AvgIpc) is 3.06. The summed E-state index contributed by atoms with van der Waals surface area (Å²) < 4.78 is 24.0. The number of carbonyl (C=O) groups is 1. The second-order valence-corrected chi connectivity index (χ2v) is 5.95. The molecule has 2 atom stereocenters. The van der Waals surface area contributed by atoms with Crippen LogP contribution >= 0.6 is 0 Å². The number of benzene rings is 1. The van der Waals surface area contributed by atoms with Gasteiger partial charge in [-0.15, -0.1) is 0 Å². The summed E-state index contributed by atoms with van der Waals surface area (Å²) in [6, 6.07) is 9.67. The SMILES string of the molecule is N#C[C@]1(C=O)C[C@H]1S(=O)(=O)c1ccccc1. The number of nitrogens with zero attached hydrogens (tertiary/aromatic N) is 1. The molecular weight excluding hydrogens is 226 g/mol. The normalized spacial score (nSPS) is 28.1. The summed E-state index contributed by atoms with van der Waals surface area (Å²) in [6.07, 6.45) is 0.544. The van der Waals surface area contributed by atoms with Crippen LogP contribution in [0.25, 0.3) is 0 Å². The van der Waals surface area contributed by atoms with Gasteiger partial charge in [0.25, 0.3) is 0 Å². The minimum Gasteiger partial charge on any atom is -0.302 e. The van der Waals surface area contributed by atoms with Crippen molar-refractivity contribution < 1.29 is 13.2 Å². The number of hydrogen-bond acceptors (Lipinski definition) is 4. The minimum absolute atomic E-state index is 0.101. The highest BCUT2D eigenvalue weighted by Gasteiger charge is 2.62. The van der Waals surface area contributed by atoms with Gasteiger partial charge in [0.2, 0.25) is 0 Å². The van der Waals surface area contributed by atoms with E-state index in [1.165, 1.54) is 12.1 Å². The van der Waals surface area contributed by atoms with Gasteiger partial charge in [-0.2, -0.15) is 5.26 Å². The fraction of sp³-hybridized carbons (Fsp3) is 0.273. The minimum atomic E-state index is -3.55. The first-order valence-corrected chi connectivity index (χ1v) is 6.28. The third kappa shape index (κ3) is 1.42. The molecule has 0 amide bonds. The molecule has 0 heterocycles. The summed E-state index contributed by atoms with van der Waals surface area (Å²) in [6.45, 7) is 0. The van der Waals surface area contributed by atoms with Crippen LogP contribution in [-0.2, 0) is 14.6 Å². The molecular formula is C11H9NO3S. The van der Waals surface area contributed by atoms with Gasteiger partial charge in [0.1, 0.15) is 11.7 Å². The van der Waals surface area contributed by atoms with Crippen LogP contribution in [-0.4, -0.2) is 20.0 Å². The first-order valence-electron chi connectivity index (χ1n) is 4.73. The van der Waals surface area contributed by atoms with Crippen LogP contribution in [0.2, 0.25) is 0 Å². The Morgan fingerprint density at radius 1 is 1.38 bits per heavy atom. The second-order valence-electron chi connectivity index (χ2n) is 3.82. The first-order chi connectivity index (χ1) is 7.57. The number of nitriles is 1. The standard InChI is InChI=1S/C11H9NO3S/c12-7-11(8-13)6-10(11)16(14,15)9-4-2-1-3-5-9/h1-5,8,10H,6H2/t10-,11+/m1/s1. The van der Waals surface area contributed by atoms with Gasteiger partial charge in [0.15, 0.2) is 9.84 Å². The van der Waals surface area contributed by atoms with Crippen molar-refractivity contribution in [1.29, 1.82) is 5.26 Å². The van der Waals surface area contributed by atoms with E-state index in [1.54, 1.807) is 24.3 Å². The topological polar surface area (TPSA) is 75.0 Å². The summed E-state index contributed by atoms with van der Waals surface area (Å²) in [5, 5.41) is 7.91. The molecule has 0 radical (unpaired) electrons. The number of hydrogen-bond donors (Lipinski definition) is 0. The van der Waals surface area contributed by atoms with E-state index in [0.29, 0.717) is 6.29 Å². The summed E-state index contributed by atoms with van der Waals surface area (Å²) in [4.78, 5) is 10.9. The highest BCUT2D eigenvalue weighted by atomic mass is 32.2.